The molecule has 0 aromatic heterocycles. The molecule has 0 aromatic carbocycles. The second-order valence-electron chi connectivity index (χ2n) is 1.38. The first kappa shape index (κ1) is 76.6. The zero-order valence-electron chi connectivity index (χ0n) is 11.1. The number of hydrogen-bond acceptors (Lipinski definition) is 0. The van der Waals surface area contributed by atoms with Crippen molar-refractivity contribution in [2.75, 3.05) is 41.3 Å². The lowest BCUT2D eigenvalue weighted by Gasteiger charge is -1.93. The average Bonchev–Trinajstić information content (AvgIpc) is 2.36. The highest BCUT2D eigenvalue weighted by Crippen LogP contribution is 2.13. The number of halogens is 10. The molecule has 24 heavy (non-hydrogen) atoms. The molecule has 0 nitrogen and oxygen atoms in total. The summed E-state index contributed by atoms with van der Waals surface area (Å²) in [6.45, 7) is -1.56. The summed E-state index contributed by atoms with van der Waals surface area (Å²) in [5, 5.41) is 0. The fourth-order valence-corrected chi connectivity index (χ4v) is 0. The minimum absolute atomic E-state index is 0. The summed E-state index contributed by atoms with van der Waals surface area (Å²) >= 11 is 0. The molecule has 0 radical (unpaired) electrons. The number of rotatable bonds is 0. The number of alkyl halides is 10. The average molecular weight is 398 g/mol. The van der Waals surface area contributed by atoms with E-state index in [1.807, 2.05) is 0 Å². The van der Waals surface area contributed by atoms with Crippen LogP contribution in [0.3, 0.4) is 0 Å². The normalized spacial score (nSPS) is 5.75. The van der Waals surface area contributed by atoms with Gasteiger partial charge in [0, 0.05) is 0 Å². The van der Waals surface area contributed by atoms with Crippen LogP contribution in [0.25, 0.3) is 0 Å². The van der Waals surface area contributed by atoms with Gasteiger partial charge in [-0.1, -0.05) is 37.1 Å². The van der Waals surface area contributed by atoms with E-state index >= 15 is 0 Å². The Hall–Kier alpha value is -0.700. The minimum atomic E-state index is -4.62. The molecule has 0 atom stereocenters. The van der Waals surface area contributed by atoms with Gasteiger partial charge in [0.25, 0.3) is 0 Å². The maximum atomic E-state index is 10.4. The molecule has 0 bridgehead atoms. The smallest absolute Gasteiger partial charge is 0.255 e. The van der Waals surface area contributed by atoms with Crippen LogP contribution >= 0.6 is 0 Å². The number of hydrogen-bond donors (Lipinski definition) is 0. The topological polar surface area (TPSA) is 0 Å². The van der Waals surface area contributed by atoms with Crippen LogP contribution < -0.4 is 0 Å². The SMILES string of the molecule is C.C.C.C.C.CCF.CCF.CF.CF.FCC(F)(F)F.FCF. The van der Waals surface area contributed by atoms with Crippen LogP contribution in [0.5, 0.6) is 0 Å². The largest absolute Gasteiger partial charge is 0.416 e. The van der Waals surface area contributed by atoms with Gasteiger partial charge in [-0.2, -0.15) is 13.2 Å². The quantitative estimate of drug-likeness (QED) is 0.358. The molecule has 0 saturated heterocycles. The van der Waals surface area contributed by atoms with E-state index in [2.05, 4.69) is 0 Å². The van der Waals surface area contributed by atoms with Crippen molar-refractivity contribution in [2.45, 2.75) is 57.2 Å². The molecule has 166 valence electrons. The van der Waals surface area contributed by atoms with Crippen LogP contribution in [0.4, 0.5) is 43.9 Å². The van der Waals surface area contributed by atoms with Gasteiger partial charge in [0.05, 0.1) is 27.7 Å². The third-order valence-electron chi connectivity index (χ3n) is 0.152. The molecule has 0 fully saturated rings. The monoisotopic (exact) mass is 398 g/mol. The highest BCUT2D eigenvalue weighted by molar-refractivity contribution is 4.39. The van der Waals surface area contributed by atoms with Crippen molar-refractivity contribution in [1.82, 2.24) is 0 Å². The van der Waals surface area contributed by atoms with Gasteiger partial charge in [0.2, 0.25) is 6.93 Å². The highest BCUT2D eigenvalue weighted by Gasteiger charge is 2.26. The molecule has 0 heterocycles. The van der Waals surface area contributed by atoms with Crippen molar-refractivity contribution in [3.05, 3.63) is 0 Å². The molecule has 0 aliphatic heterocycles. The van der Waals surface area contributed by atoms with Gasteiger partial charge in [-0.05, 0) is 13.8 Å². The Morgan fingerprint density at radius 3 is 0.583 bits per heavy atom. The van der Waals surface area contributed by atoms with Gasteiger partial charge in [-0.3, -0.25) is 17.6 Å². The Labute approximate surface area is 143 Å². The minimum Gasteiger partial charge on any atom is -0.255 e. The van der Waals surface area contributed by atoms with Crippen molar-refractivity contribution in [1.29, 1.82) is 0 Å². The van der Waals surface area contributed by atoms with E-state index in [9.17, 15) is 43.9 Å². The fraction of sp³-hybridized carbons (Fsp3) is 1.00. The van der Waals surface area contributed by atoms with Crippen molar-refractivity contribution >= 4 is 0 Å². The molecule has 0 spiro atoms. The van der Waals surface area contributed by atoms with E-state index in [0.717, 1.165) is 0 Å². The summed E-state index contributed by atoms with van der Waals surface area (Å²) in [4.78, 5) is 0. The summed E-state index contributed by atoms with van der Waals surface area (Å²) in [6.07, 6.45) is -4.62. The molecular weight excluding hydrogens is 358 g/mol. The van der Waals surface area contributed by atoms with E-state index in [-0.39, 0.29) is 50.5 Å². The Balaban J connectivity index is -0.00000000945. The van der Waals surface area contributed by atoms with Gasteiger partial charge in [0.1, 0.15) is 0 Å². The third-order valence-corrected chi connectivity index (χ3v) is 0.152. The van der Waals surface area contributed by atoms with Crippen molar-refractivity contribution in [3.8, 4) is 0 Å². The summed E-state index contributed by atoms with van der Waals surface area (Å²) < 4.78 is 100. The predicted molar refractivity (Wildman–Crippen MR) is 90.1 cm³/mol. The van der Waals surface area contributed by atoms with Gasteiger partial charge in [-0.15, -0.1) is 0 Å². The Morgan fingerprint density at radius 2 is 0.583 bits per heavy atom. The summed E-state index contributed by atoms with van der Waals surface area (Å²) in [6, 6.07) is 0. The van der Waals surface area contributed by atoms with Gasteiger partial charge in [-0.25, -0.2) is 13.2 Å². The Bertz CT molecular complexity index is 75.7. The second-order valence-corrected chi connectivity index (χ2v) is 1.38. The van der Waals surface area contributed by atoms with E-state index < -0.39 is 19.8 Å². The lowest BCUT2D eigenvalue weighted by molar-refractivity contribution is -0.142. The molecule has 0 saturated carbocycles. The van der Waals surface area contributed by atoms with Crippen LogP contribution in [-0.2, 0) is 0 Å². The zero-order chi connectivity index (χ0) is 17.3. The predicted octanol–water partition coefficient (Wildman–Crippen LogP) is 8.70. The van der Waals surface area contributed by atoms with Crippen LogP contribution in [0, 0.1) is 0 Å². The molecule has 0 aromatic rings. The second kappa shape index (κ2) is 117. The molecule has 0 N–H and O–H groups in total. The van der Waals surface area contributed by atoms with Crippen molar-refractivity contribution < 1.29 is 43.9 Å². The highest BCUT2D eigenvalue weighted by atomic mass is 19.4. The molecule has 0 aliphatic carbocycles. The molecule has 10 heteroatoms. The molecule has 0 unspecified atom stereocenters. The van der Waals surface area contributed by atoms with Crippen molar-refractivity contribution in [3.63, 3.8) is 0 Å². The van der Waals surface area contributed by atoms with Gasteiger partial charge < -0.3 is 0 Å². The maximum Gasteiger partial charge on any atom is 0.416 e. The Kier molecular flexibility index (Phi) is 373. The zero-order valence-corrected chi connectivity index (χ0v) is 11.1. The molecule has 0 amide bonds. The maximum absolute atomic E-state index is 10.4. The first-order valence-electron chi connectivity index (χ1n) is 4.43. The van der Waals surface area contributed by atoms with E-state index in [1.54, 1.807) is 0 Å². The lowest BCUT2D eigenvalue weighted by atomic mass is 10.8. The summed E-state index contributed by atoms with van der Waals surface area (Å²) in [7, 11) is 1.00. The van der Waals surface area contributed by atoms with Gasteiger partial charge in [0.15, 0.2) is 6.67 Å². The van der Waals surface area contributed by atoms with Crippen LogP contribution in [0.2, 0.25) is 0 Å². The lowest BCUT2D eigenvalue weighted by Crippen LogP contribution is -2.08. The summed E-state index contributed by atoms with van der Waals surface area (Å²) in [5.41, 5.74) is 0. The molecular formula is C14H40F10. The van der Waals surface area contributed by atoms with Crippen LogP contribution in [0.1, 0.15) is 51.0 Å². The third kappa shape index (κ3) is 1660. The standard InChI is InChI=1S/C2H2F4.2C2H5F.CH2F2.2CH3F.5CH4/c3-1-2(4,5)6;2*1-2-3;2-1-3;2*1-2;;;;;/h1H2;2*2H2,1H3;1H2;2*1H3;5*1H4. The van der Waals surface area contributed by atoms with Crippen molar-refractivity contribution in [2.24, 2.45) is 0 Å². The van der Waals surface area contributed by atoms with E-state index in [0.29, 0.717) is 14.4 Å². The first-order chi connectivity index (χ1) is 8.80. The summed E-state index contributed by atoms with van der Waals surface area (Å²) in [5.74, 6) is 0. The van der Waals surface area contributed by atoms with Gasteiger partial charge >= 0.3 is 6.18 Å². The molecule has 0 aliphatic rings. The fourth-order valence-electron chi connectivity index (χ4n) is 0. The van der Waals surface area contributed by atoms with Crippen LogP contribution in [0.15, 0.2) is 0 Å². The first-order valence-corrected chi connectivity index (χ1v) is 4.43. The van der Waals surface area contributed by atoms with Crippen LogP contribution in [-0.4, -0.2) is 47.5 Å². The van der Waals surface area contributed by atoms with E-state index in [4.69, 9.17) is 0 Å². The van der Waals surface area contributed by atoms with E-state index in [1.165, 1.54) is 13.8 Å². The molecule has 0 rings (SSSR count). The Morgan fingerprint density at radius 1 is 0.542 bits per heavy atom.